The molecule has 1 aliphatic rings. The third-order valence-corrected chi connectivity index (χ3v) is 3.19. The molecule has 2 aromatic rings. The Morgan fingerprint density at radius 1 is 1.39 bits per heavy atom. The predicted molar refractivity (Wildman–Crippen MR) is 70.7 cm³/mol. The lowest BCUT2D eigenvalue weighted by Crippen LogP contribution is -2.28. The Balaban J connectivity index is 2.08. The van der Waals surface area contributed by atoms with E-state index >= 15 is 0 Å². The summed E-state index contributed by atoms with van der Waals surface area (Å²) in [6.07, 6.45) is 2.79. The molecule has 6 heteroatoms. The van der Waals surface area contributed by atoms with Crippen molar-refractivity contribution in [1.82, 2.24) is 20.3 Å². The molecule has 0 spiro atoms. The fraction of sp³-hybridized carbons (Fsp3) is 0.333. The lowest BCUT2D eigenvalue weighted by molar-refractivity contribution is 0.627. The molecular weight excluding hydrogens is 228 g/mol. The average molecular weight is 244 g/mol. The van der Waals surface area contributed by atoms with Gasteiger partial charge in [-0.3, -0.25) is 0 Å². The molecule has 18 heavy (non-hydrogen) atoms. The second kappa shape index (κ2) is 4.30. The van der Waals surface area contributed by atoms with Crippen LogP contribution >= 0.6 is 0 Å². The van der Waals surface area contributed by atoms with Gasteiger partial charge in [-0.1, -0.05) is 0 Å². The van der Waals surface area contributed by atoms with Crippen LogP contribution in [0.5, 0.6) is 0 Å². The SMILES string of the molecule is CN(c1ccc[nH]1)c1nc(N)nc2c1CNCC2. The number of anilines is 3. The highest BCUT2D eigenvalue weighted by Crippen LogP contribution is 2.27. The molecule has 0 saturated heterocycles. The molecule has 0 amide bonds. The fourth-order valence-corrected chi connectivity index (χ4v) is 2.26. The van der Waals surface area contributed by atoms with Crippen LogP contribution in [0.2, 0.25) is 0 Å². The number of nitrogens with one attached hydrogen (secondary N) is 2. The van der Waals surface area contributed by atoms with Crippen molar-refractivity contribution < 1.29 is 0 Å². The Labute approximate surface area is 105 Å². The van der Waals surface area contributed by atoms with Gasteiger partial charge in [0.15, 0.2) is 0 Å². The summed E-state index contributed by atoms with van der Waals surface area (Å²) in [7, 11) is 1.97. The van der Waals surface area contributed by atoms with E-state index in [-0.39, 0.29) is 0 Å². The standard InChI is InChI=1S/C12H16N6/c1-18(10-3-2-5-15-10)11-8-7-14-6-4-9(8)16-12(13)17-11/h2-3,5,14-15H,4,6-7H2,1H3,(H2,13,16,17). The number of nitrogens with two attached hydrogens (primary N) is 1. The van der Waals surface area contributed by atoms with E-state index in [4.69, 9.17) is 5.73 Å². The zero-order chi connectivity index (χ0) is 12.5. The van der Waals surface area contributed by atoms with Crippen LogP contribution < -0.4 is 16.0 Å². The Morgan fingerprint density at radius 2 is 2.28 bits per heavy atom. The molecule has 4 N–H and O–H groups in total. The molecule has 6 nitrogen and oxygen atoms in total. The molecule has 0 radical (unpaired) electrons. The molecule has 0 aliphatic carbocycles. The van der Waals surface area contributed by atoms with Crippen LogP contribution in [0.25, 0.3) is 0 Å². The van der Waals surface area contributed by atoms with Crippen molar-refractivity contribution in [2.75, 3.05) is 24.2 Å². The summed E-state index contributed by atoms with van der Waals surface area (Å²) in [4.78, 5) is 13.9. The number of hydrogen-bond donors (Lipinski definition) is 3. The molecule has 0 unspecified atom stereocenters. The number of H-pyrrole nitrogens is 1. The minimum atomic E-state index is 0.337. The summed E-state index contributed by atoms with van der Waals surface area (Å²) in [6, 6.07) is 3.96. The first-order chi connectivity index (χ1) is 8.75. The zero-order valence-corrected chi connectivity index (χ0v) is 10.3. The highest BCUT2D eigenvalue weighted by atomic mass is 15.2. The Hall–Kier alpha value is -2.08. The zero-order valence-electron chi connectivity index (χ0n) is 10.3. The minimum Gasteiger partial charge on any atom is -0.368 e. The molecule has 0 saturated carbocycles. The second-order valence-electron chi connectivity index (χ2n) is 4.37. The third-order valence-electron chi connectivity index (χ3n) is 3.19. The molecule has 0 bridgehead atoms. The van der Waals surface area contributed by atoms with Crippen LogP contribution in [0, 0.1) is 0 Å². The van der Waals surface area contributed by atoms with Crippen LogP contribution in [0.3, 0.4) is 0 Å². The largest absolute Gasteiger partial charge is 0.368 e. The van der Waals surface area contributed by atoms with E-state index in [1.165, 1.54) is 0 Å². The van der Waals surface area contributed by atoms with Gasteiger partial charge in [0.05, 0.1) is 5.69 Å². The van der Waals surface area contributed by atoms with Crippen LogP contribution in [0.4, 0.5) is 17.6 Å². The maximum Gasteiger partial charge on any atom is 0.222 e. The first kappa shape index (κ1) is 11.0. The monoisotopic (exact) mass is 244 g/mol. The number of nitrogens with zero attached hydrogens (tertiary/aromatic N) is 3. The van der Waals surface area contributed by atoms with Gasteiger partial charge in [-0.2, -0.15) is 4.98 Å². The number of hydrogen-bond acceptors (Lipinski definition) is 5. The smallest absolute Gasteiger partial charge is 0.222 e. The van der Waals surface area contributed by atoms with E-state index in [0.29, 0.717) is 5.95 Å². The summed E-state index contributed by atoms with van der Waals surface area (Å²) in [5.74, 6) is 2.19. The van der Waals surface area contributed by atoms with Gasteiger partial charge >= 0.3 is 0 Å². The summed E-state index contributed by atoms with van der Waals surface area (Å²) in [5, 5.41) is 3.34. The number of nitrogen functional groups attached to an aromatic ring is 1. The number of rotatable bonds is 2. The molecule has 0 fully saturated rings. The van der Waals surface area contributed by atoms with Crippen molar-refractivity contribution in [3.8, 4) is 0 Å². The first-order valence-corrected chi connectivity index (χ1v) is 5.99. The fourth-order valence-electron chi connectivity index (χ4n) is 2.26. The molecule has 2 aromatic heterocycles. The van der Waals surface area contributed by atoms with Gasteiger partial charge in [-0.05, 0) is 12.1 Å². The van der Waals surface area contributed by atoms with Gasteiger partial charge in [0.25, 0.3) is 0 Å². The van der Waals surface area contributed by atoms with E-state index in [1.54, 1.807) is 0 Å². The van der Waals surface area contributed by atoms with Gasteiger partial charge in [-0.25, -0.2) is 4.98 Å². The molecule has 0 aromatic carbocycles. The van der Waals surface area contributed by atoms with Crippen LogP contribution in [0.1, 0.15) is 11.3 Å². The van der Waals surface area contributed by atoms with Crippen LogP contribution in [-0.4, -0.2) is 28.5 Å². The summed E-state index contributed by atoms with van der Waals surface area (Å²) >= 11 is 0. The summed E-state index contributed by atoms with van der Waals surface area (Å²) < 4.78 is 0. The van der Waals surface area contributed by atoms with Crippen molar-refractivity contribution in [2.45, 2.75) is 13.0 Å². The molecule has 3 rings (SSSR count). The van der Waals surface area contributed by atoms with E-state index in [0.717, 1.165) is 42.4 Å². The summed E-state index contributed by atoms with van der Waals surface area (Å²) in [5.41, 5.74) is 7.98. The maximum atomic E-state index is 5.79. The van der Waals surface area contributed by atoms with Crippen molar-refractivity contribution in [3.63, 3.8) is 0 Å². The number of aromatic amines is 1. The average Bonchev–Trinajstić information content (AvgIpc) is 2.90. The molecule has 0 atom stereocenters. The highest BCUT2D eigenvalue weighted by molar-refractivity contribution is 5.61. The Bertz CT molecular complexity index is 548. The van der Waals surface area contributed by atoms with E-state index in [2.05, 4.69) is 20.3 Å². The lowest BCUT2D eigenvalue weighted by atomic mass is 10.1. The van der Waals surface area contributed by atoms with Crippen LogP contribution in [0.15, 0.2) is 18.3 Å². The Kier molecular flexibility index (Phi) is 2.64. The highest BCUT2D eigenvalue weighted by Gasteiger charge is 2.20. The van der Waals surface area contributed by atoms with Crippen molar-refractivity contribution in [1.29, 1.82) is 0 Å². The second-order valence-corrected chi connectivity index (χ2v) is 4.37. The first-order valence-electron chi connectivity index (χ1n) is 5.99. The third kappa shape index (κ3) is 1.80. The number of aromatic nitrogens is 3. The Morgan fingerprint density at radius 3 is 3.06 bits per heavy atom. The van der Waals surface area contributed by atoms with Gasteiger partial charge < -0.3 is 20.9 Å². The summed E-state index contributed by atoms with van der Waals surface area (Å²) in [6.45, 7) is 1.73. The van der Waals surface area contributed by atoms with Gasteiger partial charge in [-0.15, -0.1) is 0 Å². The van der Waals surface area contributed by atoms with E-state index < -0.39 is 0 Å². The molecule has 94 valence electrons. The van der Waals surface area contributed by atoms with Crippen LogP contribution in [-0.2, 0) is 13.0 Å². The predicted octanol–water partition coefficient (Wildman–Crippen LogP) is 0.800. The van der Waals surface area contributed by atoms with Crippen molar-refractivity contribution >= 4 is 17.6 Å². The topological polar surface area (TPSA) is 82.9 Å². The van der Waals surface area contributed by atoms with E-state index in [1.807, 2.05) is 30.3 Å². The van der Waals surface area contributed by atoms with Gasteiger partial charge in [0.2, 0.25) is 5.95 Å². The minimum absolute atomic E-state index is 0.337. The molecule has 3 heterocycles. The molecular formula is C12H16N6. The van der Waals surface area contributed by atoms with Gasteiger partial charge in [0.1, 0.15) is 11.6 Å². The van der Waals surface area contributed by atoms with Gasteiger partial charge in [0, 0.05) is 38.3 Å². The lowest BCUT2D eigenvalue weighted by Gasteiger charge is -2.24. The quantitative estimate of drug-likeness (QED) is 0.728. The van der Waals surface area contributed by atoms with Crippen molar-refractivity contribution in [3.05, 3.63) is 29.6 Å². The normalized spacial score (nSPS) is 14.3. The number of fused-ring (bicyclic) bond motifs is 1. The maximum absolute atomic E-state index is 5.79. The molecule has 1 aliphatic heterocycles. The van der Waals surface area contributed by atoms with Crippen molar-refractivity contribution in [2.24, 2.45) is 0 Å². The van der Waals surface area contributed by atoms with E-state index in [9.17, 15) is 0 Å².